The van der Waals surface area contributed by atoms with Gasteiger partial charge in [-0.1, -0.05) is 41.9 Å². The standard InChI is InChI=1S/C20H15ClN2O/c21-14-5-3-4-12(11-14)10-13-8-9-17-18(20(13)24)19(22)15-6-1-2-7-16(15)23-17/h1-7,10-11H,8-9H2,(H2,22,23)/b13-10+. The number of rotatable bonds is 1. The lowest BCUT2D eigenvalue weighted by Crippen LogP contribution is -2.18. The first-order chi connectivity index (χ1) is 11.6. The van der Waals surface area contributed by atoms with Crippen molar-refractivity contribution in [3.05, 3.63) is 75.9 Å². The Balaban J connectivity index is 1.84. The van der Waals surface area contributed by atoms with Crippen LogP contribution in [-0.4, -0.2) is 10.8 Å². The molecule has 3 aromatic rings. The van der Waals surface area contributed by atoms with Gasteiger partial charge in [-0.3, -0.25) is 9.78 Å². The van der Waals surface area contributed by atoms with Gasteiger partial charge in [-0.05, 0) is 42.7 Å². The van der Waals surface area contributed by atoms with E-state index >= 15 is 0 Å². The van der Waals surface area contributed by atoms with E-state index in [0.717, 1.165) is 27.7 Å². The molecule has 0 radical (unpaired) electrons. The van der Waals surface area contributed by atoms with Gasteiger partial charge in [-0.25, -0.2) is 0 Å². The maximum atomic E-state index is 12.9. The van der Waals surface area contributed by atoms with E-state index in [-0.39, 0.29) is 5.78 Å². The van der Waals surface area contributed by atoms with Crippen molar-refractivity contribution in [3.63, 3.8) is 0 Å². The number of nitrogens with two attached hydrogens (primary N) is 1. The van der Waals surface area contributed by atoms with Crippen molar-refractivity contribution in [1.29, 1.82) is 0 Å². The van der Waals surface area contributed by atoms with Crippen molar-refractivity contribution in [1.82, 2.24) is 4.98 Å². The zero-order chi connectivity index (χ0) is 16.7. The van der Waals surface area contributed by atoms with Crippen LogP contribution in [0.5, 0.6) is 0 Å². The van der Waals surface area contributed by atoms with Crippen LogP contribution in [0, 0.1) is 0 Å². The first-order valence-corrected chi connectivity index (χ1v) is 8.19. The summed E-state index contributed by atoms with van der Waals surface area (Å²) in [5, 5.41) is 1.48. The summed E-state index contributed by atoms with van der Waals surface area (Å²) in [6.45, 7) is 0. The van der Waals surface area contributed by atoms with Gasteiger partial charge in [0.05, 0.1) is 22.5 Å². The van der Waals surface area contributed by atoms with E-state index < -0.39 is 0 Å². The molecule has 0 bridgehead atoms. The molecular formula is C20H15ClN2O. The Kier molecular flexibility index (Phi) is 3.58. The average Bonchev–Trinajstić information content (AvgIpc) is 2.58. The van der Waals surface area contributed by atoms with Crippen molar-refractivity contribution in [2.24, 2.45) is 0 Å². The third-order valence-corrected chi connectivity index (χ3v) is 4.58. The topological polar surface area (TPSA) is 56.0 Å². The molecular weight excluding hydrogens is 320 g/mol. The molecule has 2 aromatic carbocycles. The molecule has 1 heterocycles. The fourth-order valence-corrected chi connectivity index (χ4v) is 3.39. The quantitative estimate of drug-likeness (QED) is 0.657. The highest BCUT2D eigenvalue weighted by molar-refractivity contribution is 6.30. The molecule has 4 heteroatoms. The van der Waals surface area contributed by atoms with Crippen molar-refractivity contribution >= 4 is 40.1 Å². The number of hydrogen-bond donors (Lipinski definition) is 1. The fourth-order valence-electron chi connectivity index (χ4n) is 3.19. The first-order valence-electron chi connectivity index (χ1n) is 7.81. The molecule has 0 atom stereocenters. The van der Waals surface area contributed by atoms with E-state index in [4.69, 9.17) is 17.3 Å². The van der Waals surface area contributed by atoms with Gasteiger partial charge in [0.15, 0.2) is 5.78 Å². The molecule has 0 amide bonds. The number of ketones is 1. The average molecular weight is 335 g/mol. The van der Waals surface area contributed by atoms with Crippen LogP contribution in [-0.2, 0) is 6.42 Å². The third-order valence-electron chi connectivity index (χ3n) is 4.35. The number of aryl methyl sites for hydroxylation is 1. The Morgan fingerprint density at radius 2 is 1.92 bits per heavy atom. The second kappa shape index (κ2) is 5.77. The minimum absolute atomic E-state index is 0.0352. The Hall–Kier alpha value is -2.65. The summed E-state index contributed by atoms with van der Waals surface area (Å²) in [6.07, 6.45) is 3.26. The molecule has 0 spiro atoms. The number of halogens is 1. The smallest absolute Gasteiger partial charge is 0.192 e. The Morgan fingerprint density at radius 1 is 1.08 bits per heavy atom. The molecule has 0 aliphatic heterocycles. The summed E-state index contributed by atoms with van der Waals surface area (Å²) in [6, 6.07) is 15.1. The van der Waals surface area contributed by atoms with Crippen molar-refractivity contribution < 1.29 is 4.79 Å². The summed E-state index contributed by atoms with van der Waals surface area (Å²) in [5.74, 6) is -0.0352. The predicted molar refractivity (Wildman–Crippen MR) is 98.2 cm³/mol. The highest BCUT2D eigenvalue weighted by Crippen LogP contribution is 2.33. The molecule has 3 nitrogen and oxygen atoms in total. The molecule has 4 rings (SSSR count). The number of allylic oxidation sites excluding steroid dienone is 1. The summed E-state index contributed by atoms with van der Waals surface area (Å²) < 4.78 is 0. The number of pyridine rings is 1. The zero-order valence-corrected chi connectivity index (χ0v) is 13.7. The number of benzene rings is 2. The van der Waals surface area contributed by atoms with E-state index in [0.29, 0.717) is 29.1 Å². The molecule has 2 N–H and O–H groups in total. The van der Waals surface area contributed by atoms with Crippen LogP contribution in [0.25, 0.3) is 17.0 Å². The largest absolute Gasteiger partial charge is 0.398 e. The summed E-state index contributed by atoms with van der Waals surface area (Å²) in [5.41, 5.74) is 10.7. The predicted octanol–water partition coefficient (Wildman–Crippen LogP) is 4.68. The van der Waals surface area contributed by atoms with Gasteiger partial charge in [0.2, 0.25) is 0 Å². The molecule has 24 heavy (non-hydrogen) atoms. The number of anilines is 1. The van der Waals surface area contributed by atoms with Crippen LogP contribution >= 0.6 is 11.6 Å². The van der Waals surface area contributed by atoms with Gasteiger partial charge in [0.1, 0.15) is 0 Å². The number of aromatic nitrogens is 1. The number of Topliss-reactive ketones (excluding diaryl/α,β-unsaturated/α-hetero) is 1. The van der Waals surface area contributed by atoms with E-state index in [1.807, 2.05) is 54.6 Å². The van der Waals surface area contributed by atoms with Crippen molar-refractivity contribution in [2.75, 3.05) is 5.73 Å². The number of para-hydroxylation sites is 1. The minimum atomic E-state index is -0.0352. The van der Waals surface area contributed by atoms with E-state index in [1.165, 1.54) is 0 Å². The molecule has 1 aromatic heterocycles. The fraction of sp³-hybridized carbons (Fsp3) is 0.100. The van der Waals surface area contributed by atoms with Gasteiger partial charge >= 0.3 is 0 Å². The first kappa shape index (κ1) is 14.9. The maximum absolute atomic E-state index is 12.9. The number of nitrogens with zero attached hydrogens (tertiary/aromatic N) is 1. The van der Waals surface area contributed by atoms with Gasteiger partial charge in [-0.15, -0.1) is 0 Å². The highest BCUT2D eigenvalue weighted by atomic mass is 35.5. The molecule has 0 fully saturated rings. The Morgan fingerprint density at radius 3 is 2.75 bits per heavy atom. The maximum Gasteiger partial charge on any atom is 0.192 e. The number of nitrogen functional groups attached to an aromatic ring is 1. The number of carbonyl (C=O) groups excluding carboxylic acids is 1. The van der Waals surface area contributed by atoms with Crippen molar-refractivity contribution in [3.8, 4) is 0 Å². The molecule has 1 aliphatic carbocycles. The molecule has 118 valence electrons. The normalized spacial score (nSPS) is 15.7. The summed E-state index contributed by atoms with van der Waals surface area (Å²) >= 11 is 6.03. The van der Waals surface area contributed by atoms with Crippen molar-refractivity contribution in [2.45, 2.75) is 12.8 Å². The third kappa shape index (κ3) is 2.47. The number of fused-ring (bicyclic) bond motifs is 2. The monoisotopic (exact) mass is 334 g/mol. The zero-order valence-electron chi connectivity index (χ0n) is 12.9. The van der Waals surface area contributed by atoms with E-state index in [1.54, 1.807) is 0 Å². The second-order valence-corrected chi connectivity index (χ2v) is 6.35. The van der Waals surface area contributed by atoms with Crippen LogP contribution < -0.4 is 5.73 Å². The van der Waals surface area contributed by atoms with E-state index in [9.17, 15) is 4.79 Å². The number of carbonyl (C=O) groups is 1. The van der Waals surface area contributed by atoms with Crippen LogP contribution in [0.4, 0.5) is 5.69 Å². The van der Waals surface area contributed by atoms with Gasteiger partial charge in [0, 0.05) is 16.0 Å². The minimum Gasteiger partial charge on any atom is -0.398 e. The van der Waals surface area contributed by atoms with Crippen LogP contribution in [0.1, 0.15) is 28.0 Å². The van der Waals surface area contributed by atoms with Crippen LogP contribution in [0.3, 0.4) is 0 Å². The van der Waals surface area contributed by atoms with Gasteiger partial charge in [-0.2, -0.15) is 0 Å². The highest BCUT2D eigenvalue weighted by Gasteiger charge is 2.26. The number of hydrogen-bond acceptors (Lipinski definition) is 3. The van der Waals surface area contributed by atoms with Gasteiger partial charge < -0.3 is 5.73 Å². The summed E-state index contributed by atoms with van der Waals surface area (Å²) in [4.78, 5) is 17.6. The lowest BCUT2D eigenvalue weighted by atomic mass is 9.87. The van der Waals surface area contributed by atoms with Crippen LogP contribution in [0.2, 0.25) is 5.02 Å². The molecule has 0 saturated heterocycles. The molecule has 0 saturated carbocycles. The molecule has 1 aliphatic rings. The molecule has 0 unspecified atom stereocenters. The Labute approximate surface area is 144 Å². The summed E-state index contributed by atoms with van der Waals surface area (Å²) in [7, 11) is 0. The van der Waals surface area contributed by atoms with E-state index in [2.05, 4.69) is 4.98 Å². The SMILES string of the molecule is Nc1c2c(nc3ccccc13)CC/C(=C\c1cccc(Cl)c1)C2=O. The van der Waals surface area contributed by atoms with Crippen LogP contribution in [0.15, 0.2) is 54.1 Å². The lowest BCUT2D eigenvalue weighted by Gasteiger charge is -2.20. The lowest BCUT2D eigenvalue weighted by molar-refractivity contribution is 0.102. The second-order valence-electron chi connectivity index (χ2n) is 5.92. The Bertz CT molecular complexity index is 1010. The van der Waals surface area contributed by atoms with Gasteiger partial charge in [0.25, 0.3) is 0 Å².